The second-order valence-corrected chi connectivity index (χ2v) is 18.3. The third-order valence-electron chi connectivity index (χ3n) is 9.95. The Morgan fingerprint density at radius 1 is 0.571 bits per heavy atom. The van der Waals surface area contributed by atoms with E-state index < -0.39 is 65.8 Å². The van der Waals surface area contributed by atoms with Crippen LogP contribution in [0.3, 0.4) is 0 Å². The lowest BCUT2D eigenvalue weighted by molar-refractivity contribution is -0.132. The molecular formula is C44H83N9O10. The highest BCUT2D eigenvalue weighted by atomic mass is 16.5. The lowest BCUT2D eigenvalue weighted by Gasteiger charge is -2.28. The van der Waals surface area contributed by atoms with E-state index in [9.17, 15) is 38.4 Å². The number of hydrogen-bond acceptors (Lipinski definition) is 12. The van der Waals surface area contributed by atoms with Crippen molar-refractivity contribution in [2.75, 3.05) is 65.6 Å². The monoisotopic (exact) mass is 898 g/mol. The van der Waals surface area contributed by atoms with Crippen molar-refractivity contribution in [2.45, 2.75) is 157 Å². The van der Waals surface area contributed by atoms with Crippen molar-refractivity contribution in [3.05, 3.63) is 0 Å². The number of amides is 7. The summed E-state index contributed by atoms with van der Waals surface area (Å²) in [6.07, 6.45) is 2.85. The Bertz CT molecular complexity index is 1450. The highest BCUT2D eigenvalue weighted by molar-refractivity contribution is 5.94. The molecule has 7 amide bonds. The summed E-state index contributed by atoms with van der Waals surface area (Å²) in [7, 11) is 0. The molecule has 364 valence electrons. The van der Waals surface area contributed by atoms with Crippen LogP contribution in [0.2, 0.25) is 0 Å². The van der Waals surface area contributed by atoms with Crippen LogP contribution in [0, 0.1) is 11.8 Å². The van der Waals surface area contributed by atoms with Gasteiger partial charge in [0.15, 0.2) is 5.78 Å². The van der Waals surface area contributed by atoms with Crippen LogP contribution >= 0.6 is 0 Å². The van der Waals surface area contributed by atoms with Gasteiger partial charge in [0.25, 0.3) is 0 Å². The zero-order valence-corrected chi connectivity index (χ0v) is 40.4. The van der Waals surface area contributed by atoms with Crippen molar-refractivity contribution in [2.24, 2.45) is 11.8 Å². The van der Waals surface area contributed by atoms with E-state index >= 15 is 0 Å². The first-order valence-electron chi connectivity index (χ1n) is 22.6. The molecule has 0 aromatic carbocycles. The molecule has 0 fully saturated rings. The molecule has 63 heavy (non-hydrogen) atoms. The summed E-state index contributed by atoms with van der Waals surface area (Å²) in [6, 6.07) is -1.92. The van der Waals surface area contributed by atoms with E-state index in [1.54, 1.807) is 13.8 Å². The lowest BCUT2D eigenvalue weighted by Crippen LogP contribution is -2.54. The largest absolute Gasteiger partial charge is 0.376 e. The van der Waals surface area contributed by atoms with Gasteiger partial charge in [-0.25, -0.2) is 0 Å². The number of Topliss-reactive ketones (excluding diaryl/α,β-unsaturated/α-hetero) is 1. The predicted octanol–water partition coefficient (Wildman–Crippen LogP) is 0.737. The minimum absolute atomic E-state index is 0.00729. The number of ketones is 1. The van der Waals surface area contributed by atoms with Crippen molar-refractivity contribution < 1.29 is 47.8 Å². The van der Waals surface area contributed by atoms with E-state index in [4.69, 9.17) is 9.47 Å². The van der Waals surface area contributed by atoms with Crippen LogP contribution < -0.4 is 47.9 Å². The van der Waals surface area contributed by atoms with Gasteiger partial charge in [0, 0.05) is 39.1 Å². The SMILES string of the molecule is CCNCC(=O)C(C)(CC)NCCC(=O)NCCCCC(=O)N[C@H](C(=O)NCC(=O)N[C@@H](CC(C)C)C(=O)NCC(=O)NCC(=O)NCCOC(C)(C)CCOC(C)(C)C)C(C)C. The molecule has 0 radical (unpaired) electrons. The Labute approximate surface area is 376 Å². The second kappa shape index (κ2) is 30.8. The smallest absolute Gasteiger partial charge is 0.243 e. The van der Waals surface area contributed by atoms with Gasteiger partial charge in [-0.1, -0.05) is 41.5 Å². The van der Waals surface area contributed by atoms with Crippen LogP contribution in [0.1, 0.15) is 128 Å². The van der Waals surface area contributed by atoms with E-state index in [-0.39, 0.29) is 80.5 Å². The summed E-state index contributed by atoms with van der Waals surface area (Å²) in [5, 5.41) is 24.5. The summed E-state index contributed by atoms with van der Waals surface area (Å²) in [5.74, 6) is -3.64. The van der Waals surface area contributed by atoms with Crippen molar-refractivity contribution in [1.29, 1.82) is 0 Å². The Kier molecular flexibility index (Phi) is 28.8. The van der Waals surface area contributed by atoms with Crippen LogP contribution in [0.25, 0.3) is 0 Å². The Balaban J connectivity index is 4.67. The van der Waals surface area contributed by atoms with E-state index in [1.807, 2.05) is 69.2 Å². The van der Waals surface area contributed by atoms with Crippen LogP contribution in [0.4, 0.5) is 0 Å². The molecule has 0 aliphatic heterocycles. The molecule has 0 aromatic heterocycles. The Morgan fingerprint density at radius 3 is 1.78 bits per heavy atom. The Hall–Kier alpha value is -4.20. The summed E-state index contributed by atoms with van der Waals surface area (Å²) >= 11 is 0. The maximum atomic E-state index is 13.0. The number of nitrogens with one attached hydrogen (secondary N) is 9. The fraction of sp³-hybridized carbons (Fsp3) is 0.818. The number of ether oxygens (including phenoxy) is 2. The molecule has 9 N–H and O–H groups in total. The molecule has 3 atom stereocenters. The minimum Gasteiger partial charge on any atom is -0.376 e. The van der Waals surface area contributed by atoms with E-state index in [0.717, 1.165) is 0 Å². The van der Waals surface area contributed by atoms with Gasteiger partial charge < -0.3 is 57.3 Å². The van der Waals surface area contributed by atoms with Gasteiger partial charge >= 0.3 is 0 Å². The van der Waals surface area contributed by atoms with Crippen LogP contribution in [0.5, 0.6) is 0 Å². The van der Waals surface area contributed by atoms with E-state index in [0.29, 0.717) is 51.9 Å². The molecule has 0 heterocycles. The van der Waals surface area contributed by atoms with Crippen molar-refractivity contribution in [1.82, 2.24) is 47.9 Å². The first kappa shape index (κ1) is 58.8. The highest BCUT2D eigenvalue weighted by Crippen LogP contribution is 2.17. The molecule has 19 heteroatoms. The first-order valence-corrected chi connectivity index (χ1v) is 22.6. The average Bonchev–Trinajstić information content (AvgIpc) is 3.19. The van der Waals surface area contributed by atoms with Crippen molar-refractivity contribution in [3.63, 3.8) is 0 Å². The van der Waals surface area contributed by atoms with Gasteiger partial charge in [0.05, 0.1) is 49.5 Å². The molecule has 0 saturated carbocycles. The topological polar surface area (TPSA) is 263 Å². The van der Waals surface area contributed by atoms with Gasteiger partial charge in [0.1, 0.15) is 12.1 Å². The molecular weight excluding hydrogens is 815 g/mol. The number of likely N-dealkylation sites (N-methyl/N-ethyl adjacent to an activating group) is 1. The summed E-state index contributed by atoms with van der Waals surface area (Å²) < 4.78 is 11.6. The molecule has 0 aromatic rings. The van der Waals surface area contributed by atoms with Gasteiger partial charge in [0.2, 0.25) is 41.4 Å². The number of rotatable bonds is 34. The van der Waals surface area contributed by atoms with Gasteiger partial charge in [-0.2, -0.15) is 0 Å². The van der Waals surface area contributed by atoms with Crippen molar-refractivity contribution in [3.8, 4) is 0 Å². The van der Waals surface area contributed by atoms with Crippen LogP contribution in [0.15, 0.2) is 0 Å². The third kappa shape index (κ3) is 29.0. The Morgan fingerprint density at radius 2 is 1.17 bits per heavy atom. The summed E-state index contributed by atoms with van der Waals surface area (Å²) in [5.41, 5.74) is -1.40. The second-order valence-electron chi connectivity index (χ2n) is 18.3. The quantitative estimate of drug-likeness (QED) is 0.0406. The number of hydrogen-bond donors (Lipinski definition) is 9. The normalized spacial score (nSPS) is 13.6. The molecule has 0 saturated heterocycles. The molecule has 1 unspecified atom stereocenters. The van der Waals surface area contributed by atoms with E-state index in [2.05, 4.69) is 47.9 Å². The lowest BCUT2D eigenvalue weighted by atomic mass is 9.93. The van der Waals surface area contributed by atoms with Gasteiger partial charge in [-0.3, -0.25) is 38.4 Å². The minimum atomic E-state index is -1.00. The maximum absolute atomic E-state index is 13.0. The van der Waals surface area contributed by atoms with Crippen LogP contribution in [-0.2, 0) is 47.8 Å². The standard InChI is InChI=1S/C44H83N9O10/c1-13-44(12,33(54)26-45-14-2)51-21-18-34(55)46-20-16-15-17-35(56)53-39(31(5)6)41(61)50-29-38(59)52-32(25-30(3)4)40(60)49-28-37(58)48-27-36(57)47-22-24-63-43(10,11)19-23-62-42(7,8)9/h30-32,39,45,51H,13-29H2,1-12H3,(H,46,55)(H,47,57)(H,48,58)(H,49,60)(H,50,61)(H,52,59)(H,53,56)/t32-,39-,44?/m0/s1. The maximum Gasteiger partial charge on any atom is 0.243 e. The number of unbranched alkanes of at least 4 members (excludes halogenated alkanes) is 1. The highest BCUT2D eigenvalue weighted by Gasteiger charge is 2.30. The van der Waals surface area contributed by atoms with Gasteiger partial charge in [-0.15, -0.1) is 0 Å². The zero-order valence-electron chi connectivity index (χ0n) is 40.4. The summed E-state index contributed by atoms with van der Waals surface area (Å²) in [4.78, 5) is 101. The van der Waals surface area contributed by atoms with Crippen LogP contribution in [-0.4, -0.2) is 142 Å². The molecule has 0 aliphatic carbocycles. The van der Waals surface area contributed by atoms with Crippen molar-refractivity contribution >= 4 is 47.1 Å². The molecule has 0 spiro atoms. The molecule has 19 nitrogen and oxygen atoms in total. The first-order chi connectivity index (χ1) is 29.3. The summed E-state index contributed by atoms with van der Waals surface area (Å²) in [6.45, 7) is 24.3. The molecule has 0 rings (SSSR count). The number of carbonyl (C=O) groups excluding carboxylic acids is 8. The fourth-order valence-electron chi connectivity index (χ4n) is 5.83. The number of carbonyl (C=O) groups is 8. The molecule has 0 aliphatic rings. The third-order valence-corrected chi connectivity index (χ3v) is 9.95. The van der Waals surface area contributed by atoms with E-state index in [1.165, 1.54) is 0 Å². The fourth-order valence-corrected chi connectivity index (χ4v) is 5.83. The zero-order chi connectivity index (χ0) is 48.2. The predicted molar refractivity (Wildman–Crippen MR) is 242 cm³/mol. The van der Waals surface area contributed by atoms with Gasteiger partial charge in [-0.05, 0) is 92.0 Å². The average molecular weight is 898 g/mol. The molecule has 0 bridgehead atoms.